The van der Waals surface area contributed by atoms with E-state index in [1.165, 1.54) is 23.6 Å². The van der Waals surface area contributed by atoms with Gasteiger partial charge < -0.3 is 10.4 Å². The fourth-order valence-electron chi connectivity index (χ4n) is 1.50. The molecule has 0 fully saturated rings. The topological polar surface area (TPSA) is 79.3 Å². The molecule has 0 aliphatic heterocycles. The first-order valence-electron chi connectivity index (χ1n) is 5.83. The van der Waals surface area contributed by atoms with Gasteiger partial charge in [0.15, 0.2) is 0 Å². The predicted molar refractivity (Wildman–Crippen MR) is 76.4 cm³/mol. The van der Waals surface area contributed by atoms with Crippen molar-refractivity contribution in [1.82, 2.24) is 10.3 Å². The molecule has 2 aromatic heterocycles. The van der Waals surface area contributed by atoms with Crippen molar-refractivity contribution in [2.24, 2.45) is 0 Å². The molecule has 0 radical (unpaired) electrons. The summed E-state index contributed by atoms with van der Waals surface area (Å²) in [6.07, 6.45) is 5.73. The number of aromatic nitrogens is 1. The van der Waals surface area contributed by atoms with Crippen LogP contribution in [0, 0.1) is 0 Å². The molecule has 2 heterocycles. The molecule has 0 unspecified atom stereocenters. The van der Waals surface area contributed by atoms with Crippen LogP contribution in [0.5, 0.6) is 0 Å². The monoisotopic (exact) mass is 288 g/mol. The van der Waals surface area contributed by atoms with Crippen LogP contribution < -0.4 is 5.32 Å². The number of rotatable bonds is 5. The zero-order valence-corrected chi connectivity index (χ0v) is 11.3. The van der Waals surface area contributed by atoms with Gasteiger partial charge in [-0.25, -0.2) is 4.79 Å². The SMILES string of the molecule is O=C(O)C=Cc1ccc(CNC(=O)c2cccnc2)s1. The fraction of sp³-hybridized carbons (Fsp3) is 0.0714. The van der Waals surface area contributed by atoms with Crippen LogP contribution in [0.2, 0.25) is 0 Å². The van der Waals surface area contributed by atoms with Crippen LogP contribution in [0.1, 0.15) is 20.1 Å². The van der Waals surface area contributed by atoms with Gasteiger partial charge in [0.2, 0.25) is 0 Å². The molecular formula is C14H12N2O3S. The lowest BCUT2D eigenvalue weighted by atomic mass is 10.2. The molecule has 0 saturated carbocycles. The highest BCUT2D eigenvalue weighted by molar-refractivity contribution is 7.12. The number of thiophene rings is 1. The molecule has 2 rings (SSSR count). The summed E-state index contributed by atoms with van der Waals surface area (Å²) < 4.78 is 0. The van der Waals surface area contributed by atoms with Crippen molar-refractivity contribution in [3.8, 4) is 0 Å². The number of amides is 1. The Kier molecular flexibility index (Phi) is 4.62. The zero-order chi connectivity index (χ0) is 14.4. The first-order chi connectivity index (χ1) is 9.65. The van der Waals surface area contributed by atoms with E-state index in [1.54, 1.807) is 18.3 Å². The normalized spacial score (nSPS) is 10.6. The van der Waals surface area contributed by atoms with E-state index in [2.05, 4.69) is 10.3 Å². The third-order valence-electron chi connectivity index (χ3n) is 2.42. The molecule has 0 bridgehead atoms. The van der Waals surface area contributed by atoms with E-state index in [0.29, 0.717) is 12.1 Å². The van der Waals surface area contributed by atoms with Gasteiger partial charge in [-0.2, -0.15) is 0 Å². The summed E-state index contributed by atoms with van der Waals surface area (Å²) in [5.41, 5.74) is 0.509. The van der Waals surface area contributed by atoms with Crippen molar-refractivity contribution in [3.05, 3.63) is 58.1 Å². The van der Waals surface area contributed by atoms with E-state index in [0.717, 1.165) is 15.8 Å². The van der Waals surface area contributed by atoms with Crippen molar-refractivity contribution in [2.75, 3.05) is 0 Å². The van der Waals surface area contributed by atoms with Crippen LogP contribution in [0.3, 0.4) is 0 Å². The summed E-state index contributed by atoms with van der Waals surface area (Å²) in [7, 11) is 0. The van der Waals surface area contributed by atoms with E-state index < -0.39 is 5.97 Å². The smallest absolute Gasteiger partial charge is 0.328 e. The Balaban J connectivity index is 1.92. The molecule has 0 aliphatic carbocycles. The van der Waals surface area contributed by atoms with Crippen molar-refractivity contribution in [2.45, 2.75) is 6.54 Å². The Hall–Kier alpha value is -2.47. The molecule has 6 heteroatoms. The van der Waals surface area contributed by atoms with Gasteiger partial charge in [0.25, 0.3) is 5.91 Å². The molecule has 0 spiro atoms. The fourth-order valence-corrected chi connectivity index (χ4v) is 2.35. The minimum absolute atomic E-state index is 0.186. The molecule has 5 nitrogen and oxygen atoms in total. The molecule has 102 valence electrons. The maximum atomic E-state index is 11.8. The Labute approximate surface area is 119 Å². The van der Waals surface area contributed by atoms with Gasteiger partial charge in [0.05, 0.1) is 12.1 Å². The average molecular weight is 288 g/mol. The number of carboxylic acids is 1. The number of carbonyl (C=O) groups is 2. The van der Waals surface area contributed by atoms with Gasteiger partial charge in [-0.05, 0) is 30.3 Å². The van der Waals surface area contributed by atoms with Crippen molar-refractivity contribution in [3.63, 3.8) is 0 Å². The second-order valence-corrected chi connectivity index (χ2v) is 5.10. The minimum Gasteiger partial charge on any atom is -0.478 e. The highest BCUT2D eigenvalue weighted by atomic mass is 32.1. The molecular weight excluding hydrogens is 276 g/mol. The minimum atomic E-state index is -0.982. The summed E-state index contributed by atoms with van der Waals surface area (Å²) in [6, 6.07) is 7.07. The molecule has 0 aromatic carbocycles. The Morgan fingerprint density at radius 2 is 2.20 bits per heavy atom. The number of hydrogen-bond donors (Lipinski definition) is 2. The van der Waals surface area contributed by atoms with Gasteiger partial charge >= 0.3 is 5.97 Å². The highest BCUT2D eigenvalue weighted by Crippen LogP contribution is 2.17. The molecule has 2 aromatic rings. The molecule has 2 N–H and O–H groups in total. The first-order valence-corrected chi connectivity index (χ1v) is 6.65. The van der Waals surface area contributed by atoms with Crippen LogP contribution >= 0.6 is 11.3 Å². The second kappa shape index (κ2) is 6.63. The maximum absolute atomic E-state index is 11.8. The van der Waals surface area contributed by atoms with Crippen LogP contribution in [0.25, 0.3) is 6.08 Å². The summed E-state index contributed by atoms with van der Waals surface area (Å²) in [5, 5.41) is 11.3. The zero-order valence-electron chi connectivity index (χ0n) is 10.4. The largest absolute Gasteiger partial charge is 0.478 e. The lowest BCUT2D eigenvalue weighted by Gasteiger charge is -2.02. The van der Waals surface area contributed by atoms with Gasteiger partial charge in [-0.1, -0.05) is 0 Å². The lowest BCUT2D eigenvalue weighted by molar-refractivity contribution is -0.131. The Morgan fingerprint density at radius 1 is 1.35 bits per heavy atom. The number of pyridine rings is 1. The number of carbonyl (C=O) groups excluding carboxylic acids is 1. The predicted octanol–water partition coefficient (Wildman–Crippen LogP) is 2.17. The van der Waals surface area contributed by atoms with E-state index in [-0.39, 0.29) is 5.91 Å². The standard InChI is InChI=1S/C14H12N2O3S/c17-13(18)6-5-11-3-4-12(20-11)9-16-14(19)10-2-1-7-15-8-10/h1-8H,9H2,(H,16,19)(H,17,18). The Bertz CT molecular complexity index is 635. The van der Waals surface area contributed by atoms with Crippen LogP contribution in [0.15, 0.2) is 42.7 Å². The third kappa shape index (κ3) is 4.03. The van der Waals surface area contributed by atoms with Gasteiger partial charge in [0, 0.05) is 28.2 Å². The van der Waals surface area contributed by atoms with Crippen molar-refractivity contribution >= 4 is 29.3 Å². The molecule has 1 amide bonds. The molecule has 0 aliphatic rings. The van der Waals surface area contributed by atoms with Crippen LogP contribution in [0.4, 0.5) is 0 Å². The molecule has 20 heavy (non-hydrogen) atoms. The third-order valence-corrected chi connectivity index (χ3v) is 3.47. The number of carboxylic acid groups (broad SMARTS) is 1. The second-order valence-electron chi connectivity index (χ2n) is 3.90. The summed E-state index contributed by atoms with van der Waals surface area (Å²) >= 11 is 1.43. The first kappa shape index (κ1) is 14.0. The van der Waals surface area contributed by atoms with E-state index in [9.17, 15) is 9.59 Å². The van der Waals surface area contributed by atoms with Crippen molar-refractivity contribution < 1.29 is 14.7 Å². The molecule has 0 saturated heterocycles. The summed E-state index contributed by atoms with van der Waals surface area (Å²) in [5.74, 6) is -1.17. The van der Waals surface area contributed by atoms with E-state index >= 15 is 0 Å². The average Bonchev–Trinajstić information content (AvgIpc) is 2.91. The molecule has 0 atom stereocenters. The van der Waals surface area contributed by atoms with Crippen LogP contribution in [-0.2, 0) is 11.3 Å². The van der Waals surface area contributed by atoms with E-state index in [4.69, 9.17) is 5.11 Å². The van der Waals surface area contributed by atoms with Crippen LogP contribution in [-0.4, -0.2) is 22.0 Å². The Morgan fingerprint density at radius 3 is 2.90 bits per heavy atom. The quantitative estimate of drug-likeness (QED) is 0.826. The number of hydrogen-bond acceptors (Lipinski definition) is 4. The van der Waals surface area contributed by atoms with Gasteiger partial charge in [-0.3, -0.25) is 9.78 Å². The number of nitrogens with one attached hydrogen (secondary N) is 1. The van der Waals surface area contributed by atoms with Crippen molar-refractivity contribution in [1.29, 1.82) is 0 Å². The maximum Gasteiger partial charge on any atom is 0.328 e. The van der Waals surface area contributed by atoms with Gasteiger partial charge in [-0.15, -0.1) is 11.3 Å². The number of aliphatic carboxylic acids is 1. The lowest BCUT2D eigenvalue weighted by Crippen LogP contribution is -2.22. The van der Waals surface area contributed by atoms with E-state index in [1.807, 2.05) is 12.1 Å². The summed E-state index contributed by atoms with van der Waals surface area (Å²) in [6.45, 7) is 0.402. The van der Waals surface area contributed by atoms with Gasteiger partial charge in [0.1, 0.15) is 0 Å². The number of nitrogens with zero attached hydrogens (tertiary/aromatic N) is 1. The highest BCUT2D eigenvalue weighted by Gasteiger charge is 2.05. The summed E-state index contributed by atoms with van der Waals surface area (Å²) in [4.78, 5) is 27.9.